The second kappa shape index (κ2) is 10.1. The number of aliphatic hydroxyl groups excluding tert-OH is 2. The number of carbonyl (C=O) groups is 1. The smallest absolute Gasteiger partial charge is 0.277 e. The SMILES string of the molecule is N=Nc1c(S)cc(C(=O)NOC(CO)CO)c(Nc2ccc(Br)cc2Cl)c1F. The van der Waals surface area contributed by atoms with E-state index in [9.17, 15) is 9.18 Å². The molecule has 0 radical (unpaired) electrons. The number of carbonyl (C=O) groups excluding carboxylic acids is 1. The van der Waals surface area contributed by atoms with E-state index in [4.69, 9.17) is 32.2 Å². The first kappa shape index (κ1) is 22.5. The molecule has 0 spiro atoms. The fourth-order valence-electron chi connectivity index (χ4n) is 2.08. The zero-order valence-corrected chi connectivity index (χ0v) is 17.3. The maximum atomic E-state index is 14.9. The number of aliphatic hydroxyl groups is 2. The molecular weight excluding hydrogens is 479 g/mol. The monoisotopic (exact) mass is 492 g/mol. The number of hydrogen-bond acceptors (Lipinski definition) is 8. The summed E-state index contributed by atoms with van der Waals surface area (Å²) in [6, 6.07) is 5.98. The van der Waals surface area contributed by atoms with E-state index in [-0.39, 0.29) is 26.9 Å². The molecule has 0 aliphatic rings. The molecule has 0 saturated carbocycles. The number of thiol groups is 1. The summed E-state index contributed by atoms with van der Waals surface area (Å²) in [6.45, 7) is -1.08. The third-order valence-corrected chi connectivity index (χ3v) is 4.64. The van der Waals surface area contributed by atoms with Crippen molar-refractivity contribution in [1.29, 1.82) is 5.53 Å². The highest BCUT2D eigenvalue weighted by Gasteiger charge is 2.23. The van der Waals surface area contributed by atoms with Gasteiger partial charge in [0, 0.05) is 9.37 Å². The highest BCUT2D eigenvalue weighted by atomic mass is 79.9. The number of amides is 1. The lowest BCUT2D eigenvalue weighted by Gasteiger charge is -2.17. The summed E-state index contributed by atoms with van der Waals surface area (Å²) in [4.78, 5) is 17.3. The standard InChI is InChI=1S/C16H15BrClFN4O4S/c17-7-1-2-11(10(18)3-7)21-14-9(4-12(28)15(22-20)13(14)19)16(26)23-27-8(5-24)6-25/h1-4,8,20-21,24-25,28H,5-6H2,(H,23,26). The minimum Gasteiger partial charge on any atom is -0.393 e. The van der Waals surface area contributed by atoms with Gasteiger partial charge < -0.3 is 15.5 Å². The predicted octanol–water partition coefficient (Wildman–Crippen LogP) is 3.95. The molecule has 12 heteroatoms. The summed E-state index contributed by atoms with van der Waals surface area (Å²) in [5, 5.41) is 24.1. The number of anilines is 2. The Kier molecular flexibility index (Phi) is 8.16. The third kappa shape index (κ3) is 5.19. The lowest BCUT2D eigenvalue weighted by atomic mass is 10.1. The largest absolute Gasteiger partial charge is 0.393 e. The van der Waals surface area contributed by atoms with Crippen molar-refractivity contribution in [3.8, 4) is 0 Å². The molecule has 1 amide bonds. The van der Waals surface area contributed by atoms with Crippen LogP contribution in [0, 0.1) is 11.3 Å². The topological polar surface area (TPSA) is 127 Å². The minimum atomic E-state index is -1.05. The summed E-state index contributed by atoms with van der Waals surface area (Å²) >= 11 is 13.4. The molecule has 2 aromatic rings. The molecule has 0 atom stereocenters. The number of rotatable bonds is 8. The van der Waals surface area contributed by atoms with E-state index in [0.29, 0.717) is 10.2 Å². The van der Waals surface area contributed by atoms with Gasteiger partial charge >= 0.3 is 0 Å². The molecule has 8 nitrogen and oxygen atoms in total. The van der Waals surface area contributed by atoms with Gasteiger partial charge in [-0.3, -0.25) is 9.63 Å². The summed E-state index contributed by atoms with van der Waals surface area (Å²) in [7, 11) is 0. The quantitative estimate of drug-likeness (QED) is 0.189. The van der Waals surface area contributed by atoms with Gasteiger partial charge in [0.1, 0.15) is 11.8 Å². The van der Waals surface area contributed by atoms with E-state index in [1.165, 1.54) is 6.07 Å². The van der Waals surface area contributed by atoms with Crippen molar-refractivity contribution in [2.24, 2.45) is 5.11 Å². The molecule has 0 aliphatic heterocycles. The normalized spacial score (nSPS) is 10.8. The van der Waals surface area contributed by atoms with Gasteiger partial charge in [-0.25, -0.2) is 15.4 Å². The van der Waals surface area contributed by atoms with E-state index in [1.807, 2.05) is 5.48 Å². The van der Waals surface area contributed by atoms with E-state index in [1.54, 1.807) is 18.2 Å². The Morgan fingerprint density at radius 3 is 2.64 bits per heavy atom. The molecule has 0 unspecified atom stereocenters. The van der Waals surface area contributed by atoms with Crippen molar-refractivity contribution < 1.29 is 24.2 Å². The summed E-state index contributed by atoms with van der Waals surface area (Å²) < 4.78 is 15.6. The average Bonchev–Trinajstić information content (AvgIpc) is 2.66. The first-order chi connectivity index (χ1) is 13.3. The van der Waals surface area contributed by atoms with Crippen molar-refractivity contribution in [3.63, 3.8) is 0 Å². The second-order valence-electron chi connectivity index (χ2n) is 5.38. The molecular formula is C16H15BrClFN4O4S. The Hall–Kier alpha value is -1.76. The van der Waals surface area contributed by atoms with Crippen LogP contribution in [0.4, 0.5) is 21.5 Å². The Labute approximate surface area is 178 Å². The minimum absolute atomic E-state index is 0.0500. The van der Waals surface area contributed by atoms with Crippen LogP contribution >= 0.6 is 40.2 Å². The van der Waals surface area contributed by atoms with Gasteiger partial charge in [-0.2, -0.15) is 5.11 Å². The second-order valence-corrected chi connectivity index (χ2v) is 7.18. The third-order valence-electron chi connectivity index (χ3n) is 3.49. The van der Waals surface area contributed by atoms with Crippen molar-refractivity contribution in [3.05, 3.63) is 45.1 Å². The van der Waals surface area contributed by atoms with Crippen LogP contribution in [0.2, 0.25) is 5.02 Å². The molecule has 0 heterocycles. The van der Waals surface area contributed by atoms with Crippen LogP contribution < -0.4 is 10.8 Å². The summed E-state index contributed by atoms with van der Waals surface area (Å²) in [5.74, 6) is -1.87. The first-order valence-corrected chi connectivity index (χ1v) is 9.26. The number of halogens is 3. The van der Waals surface area contributed by atoms with E-state index < -0.39 is 31.0 Å². The highest BCUT2D eigenvalue weighted by molar-refractivity contribution is 9.10. The van der Waals surface area contributed by atoms with Gasteiger partial charge in [0.15, 0.2) is 5.82 Å². The predicted molar refractivity (Wildman–Crippen MR) is 107 cm³/mol. The Bertz CT molecular complexity index is 901. The van der Waals surface area contributed by atoms with E-state index in [2.05, 4.69) is 39.0 Å². The first-order valence-electron chi connectivity index (χ1n) is 7.65. The maximum Gasteiger partial charge on any atom is 0.277 e. The fraction of sp³-hybridized carbons (Fsp3) is 0.188. The van der Waals surface area contributed by atoms with Crippen LogP contribution in [0.15, 0.2) is 38.7 Å². The molecule has 0 bridgehead atoms. The van der Waals surface area contributed by atoms with E-state index in [0.717, 1.165) is 0 Å². The van der Waals surface area contributed by atoms with Gasteiger partial charge in [-0.1, -0.05) is 27.5 Å². The van der Waals surface area contributed by atoms with Gasteiger partial charge in [0.2, 0.25) is 0 Å². The number of hydroxylamine groups is 1. The highest BCUT2D eigenvalue weighted by Crippen LogP contribution is 2.38. The van der Waals surface area contributed by atoms with E-state index >= 15 is 0 Å². The molecule has 150 valence electrons. The number of nitrogens with zero attached hydrogens (tertiary/aromatic N) is 1. The molecule has 0 fully saturated rings. The molecule has 0 saturated heterocycles. The molecule has 0 aromatic heterocycles. The van der Waals surface area contributed by atoms with Crippen LogP contribution in [0.3, 0.4) is 0 Å². The Morgan fingerprint density at radius 1 is 1.39 bits per heavy atom. The lowest BCUT2D eigenvalue weighted by molar-refractivity contribution is -0.0618. The molecule has 0 aliphatic carbocycles. The van der Waals surface area contributed by atoms with Gasteiger partial charge in [-0.15, -0.1) is 12.6 Å². The number of nitrogens with one attached hydrogen (secondary N) is 3. The summed E-state index contributed by atoms with van der Waals surface area (Å²) in [6.07, 6.45) is -1.05. The van der Waals surface area contributed by atoms with Crippen LogP contribution in [-0.4, -0.2) is 35.4 Å². The molecule has 2 rings (SSSR count). The van der Waals surface area contributed by atoms with Crippen molar-refractivity contribution in [2.75, 3.05) is 18.5 Å². The van der Waals surface area contributed by atoms with Gasteiger partial charge in [-0.05, 0) is 24.3 Å². The Morgan fingerprint density at radius 2 is 2.07 bits per heavy atom. The Balaban J connectivity index is 2.46. The molecule has 2 aromatic carbocycles. The molecule has 28 heavy (non-hydrogen) atoms. The van der Waals surface area contributed by atoms with Gasteiger partial charge in [0.25, 0.3) is 5.91 Å². The van der Waals surface area contributed by atoms with Crippen molar-refractivity contribution in [2.45, 2.75) is 11.0 Å². The van der Waals surface area contributed by atoms with Crippen LogP contribution in [0.25, 0.3) is 0 Å². The fourth-order valence-corrected chi connectivity index (χ4v) is 3.08. The van der Waals surface area contributed by atoms with Crippen LogP contribution in [-0.2, 0) is 4.84 Å². The number of benzene rings is 2. The summed E-state index contributed by atoms with van der Waals surface area (Å²) in [5.41, 5.74) is 8.55. The van der Waals surface area contributed by atoms with Gasteiger partial charge in [0.05, 0.1) is 35.2 Å². The molecule has 5 N–H and O–H groups in total. The zero-order chi connectivity index (χ0) is 20.8. The van der Waals surface area contributed by atoms with Crippen molar-refractivity contribution in [1.82, 2.24) is 5.48 Å². The maximum absolute atomic E-state index is 14.9. The van der Waals surface area contributed by atoms with Crippen molar-refractivity contribution >= 4 is 63.1 Å². The van der Waals surface area contributed by atoms with Crippen LogP contribution in [0.1, 0.15) is 10.4 Å². The average molecular weight is 494 g/mol. The van der Waals surface area contributed by atoms with Crippen LogP contribution in [0.5, 0.6) is 0 Å². The zero-order valence-electron chi connectivity index (χ0n) is 14.0. The lowest BCUT2D eigenvalue weighted by Crippen LogP contribution is -2.34. The number of hydrogen-bond donors (Lipinski definition) is 6.